The van der Waals surface area contributed by atoms with Crippen LogP contribution in [0.2, 0.25) is 0 Å². The number of aliphatic hydroxyl groups excluding tert-OH is 1. The van der Waals surface area contributed by atoms with Crippen LogP contribution in [-0.4, -0.2) is 81.7 Å². The van der Waals surface area contributed by atoms with E-state index in [1.807, 2.05) is 77.9 Å². The van der Waals surface area contributed by atoms with Crippen LogP contribution < -0.4 is 9.47 Å². The Hall–Kier alpha value is -3.53. The molecule has 0 saturated carbocycles. The number of hydrogen-bond acceptors (Lipinski definition) is 8. The van der Waals surface area contributed by atoms with Crippen LogP contribution in [0.15, 0.2) is 48.8 Å². The molecule has 2 aromatic rings. The highest BCUT2D eigenvalue weighted by Gasteiger charge is 2.36. The predicted octanol–water partition coefficient (Wildman–Crippen LogP) is 5.04. The molecule has 220 valence electrons. The average Bonchev–Trinajstić information content (AvgIpc) is 2.81. The molecule has 3 heterocycles. The Morgan fingerprint density at radius 2 is 1.38 bits per heavy atom. The van der Waals surface area contributed by atoms with Gasteiger partial charge in [-0.05, 0) is 59.9 Å². The lowest BCUT2D eigenvalue weighted by atomic mass is 10.1. The van der Waals surface area contributed by atoms with E-state index in [1.54, 1.807) is 22.2 Å². The number of amides is 2. The molecule has 2 fully saturated rings. The number of ether oxygens (including phenoxy) is 4. The SMILES string of the molecule is CC(C)(C)OC(=O)N1CC[C@H]1CO.CC(C)(C)OC(=O)N1CC[C@H]1COc1cncc(OCc2ccccc2)c1. The number of pyridine rings is 1. The lowest BCUT2D eigenvalue weighted by molar-refractivity contribution is -0.0168. The van der Waals surface area contributed by atoms with Gasteiger partial charge in [0.1, 0.15) is 35.9 Å². The van der Waals surface area contributed by atoms with E-state index in [0.717, 1.165) is 18.4 Å². The fourth-order valence-corrected chi connectivity index (χ4v) is 3.86. The van der Waals surface area contributed by atoms with Crippen molar-refractivity contribution in [1.29, 1.82) is 0 Å². The molecule has 2 amide bonds. The molecule has 4 rings (SSSR count). The highest BCUT2D eigenvalue weighted by Crippen LogP contribution is 2.24. The first-order valence-corrected chi connectivity index (χ1v) is 13.7. The molecule has 2 aliphatic heterocycles. The van der Waals surface area contributed by atoms with E-state index in [0.29, 0.717) is 37.8 Å². The predicted molar refractivity (Wildman–Crippen MR) is 150 cm³/mol. The van der Waals surface area contributed by atoms with Crippen molar-refractivity contribution in [2.75, 3.05) is 26.3 Å². The van der Waals surface area contributed by atoms with E-state index in [1.165, 1.54) is 0 Å². The standard InChI is InChI=1S/C21H26N2O4.C9H17NO3/c1-21(2,3)27-20(24)23-10-9-17(23)15-26-19-11-18(12-22-13-19)25-14-16-7-5-4-6-8-16;1-9(2,3)13-8(12)10-5-4-7(10)6-11/h4-8,11-13,17H,9-10,14-15H2,1-3H3;7,11H,4-6H2,1-3H3/t17-;7-/m00/s1. The van der Waals surface area contributed by atoms with Crippen molar-refractivity contribution in [3.8, 4) is 11.5 Å². The van der Waals surface area contributed by atoms with E-state index in [9.17, 15) is 9.59 Å². The minimum absolute atomic E-state index is 0.0220. The highest BCUT2D eigenvalue weighted by molar-refractivity contribution is 5.70. The number of nitrogens with zero attached hydrogens (tertiary/aromatic N) is 3. The molecule has 2 aliphatic rings. The van der Waals surface area contributed by atoms with Gasteiger partial charge in [0, 0.05) is 19.2 Å². The second-order valence-electron chi connectivity index (χ2n) is 11.9. The van der Waals surface area contributed by atoms with Crippen LogP contribution in [0.5, 0.6) is 11.5 Å². The van der Waals surface area contributed by atoms with Gasteiger partial charge in [-0.25, -0.2) is 9.59 Å². The summed E-state index contributed by atoms with van der Waals surface area (Å²) < 4.78 is 22.2. The van der Waals surface area contributed by atoms with E-state index < -0.39 is 11.2 Å². The summed E-state index contributed by atoms with van der Waals surface area (Å²) in [5, 5.41) is 8.85. The highest BCUT2D eigenvalue weighted by atomic mass is 16.6. The summed E-state index contributed by atoms with van der Waals surface area (Å²) in [5.41, 5.74) is 0.144. The van der Waals surface area contributed by atoms with Gasteiger partial charge >= 0.3 is 12.2 Å². The Bertz CT molecular complexity index is 1100. The van der Waals surface area contributed by atoms with Crippen LogP contribution in [0.25, 0.3) is 0 Å². The van der Waals surface area contributed by atoms with Crippen molar-refractivity contribution in [3.63, 3.8) is 0 Å². The Labute approximate surface area is 237 Å². The molecule has 1 aromatic carbocycles. The number of carbonyl (C=O) groups excluding carboxylic acids is 2. The third-order valence-corrected chi connectivity index (χ3v) is 6.13. The van der Waals surface area contributed by atoms with Gasteiger partial charge in [-0.1, -0.05) is 30.3 Å². The molecule has 0 radical (unpaired) electrons. The van der Waals surface area contributed by atoms with Crippen molar-refractivity contribution in [3.05, 3.63) is 54.4 Å². The second kappa shape index (κ2) is 13.7. The second-order valence-corrected chi connectivity index (χ2v) is 11.9. The molecular formula is C30H43N3O7. The van der Waals surface area contributed by atoms with Crippen molar-refractivity contribution in [1.82, 2.24) is 14.8 Å². The minimum atomic E-state index is -0.494. The largest absolute Gasteiger partial charge is 0.490 e. The Morgan fingerprint density at radius 1 is 0.850 bits per heavy atom. The summed E-state index contributed by atoms with van der Waals surface area (Å²) >= 11 is 0. The fourth-order valence-electron chi connectivity index (χ4n) is 3.86. The molecule has 0 unspecified atom stereocenters. The Kier molecular flexibility index (Phi) is 10.6. The van der Waals surface area contributed by atoms with Crippen LogP contribution in [0.4, 0.5) is 9.59 Å². The van der Waals surface area contributed by atoms with Gasteiger partial charge < -0.3 is 33.9 Å². The number of benzene rings is 1. The molecule has 2 atom stereocenters. The molecule has 0 bridgehead atoms. The zero-order chi connectivity index (χ0) is 29.3. The maximum atomic E-state index is 12.2. The number of rotatable bonds is 7. The Morgan fingerprint density at radius 3 is 1.85 bits per heavy atom. The molecule has 0 spiro atoms. The van der Waals surface area contributed by atoms with Crippen molar-refractivity contribution in [2.24, 2.45) is 0 Å². The molecule has 0 aliphatic carbocycles. The summed E-state index contributed by atoms with van der Waals surface area (Å²) in [6.07, 6.45) is 4.46. The summed E-state index contributed by atoms with van der Waals surface area (Å²) in [6, 6.07) is 11.7. The van der Waals surface area contributed by atoms with Crippen molar-refractivity contribution in [2.45, 2.75) is 84.3 Å². The van der Waals surface area contributed by atoms with Gasteiger partial charge in [0.05, 0.1) is 31.1 Å². The zero-order valence-electron chi connectivity index (χ0n) is 24.5. The molecular weight excluding hydrogens is 514 g/mol. The molecule has 10 heteroatoms. The number of aromatic nitrogens is 1. The first kappa shape index (κ1) is 31.0. The quantitative estimate of drug-likeness (QED) is 0.504. The molecule has 40 heavy (non-hydrogen) atoms. The van der Waals surface area contributed by atoms with E-state index in [4.69, 9.17) is 24.1 Å². The van der Waals surface area contributed by atoms with E-state index in [-0.39, 0.29) is 30.9 Å². The smallest absolute Gasteiger partial charge is 0.410 e. The van der Waals surface area contributed by atoms with Crippen LogP contribution in [0.3, 0.4) is 0 Å². The topological polar surface area (TPSA) is 111 Å². The lowest BCUT2D eigenvalue weighted by Crippen LogP contribution is -2.55. The van der Waals surface area contributed by atoms with Crippen LogP contribution in [0, 0.1) is 0 Å². The fraction of sp³-hybridized carbons (Fsp3) is 0.567. The minimum Gasteiger partial charge on any atom is -0.490 e. The van der Waals surface area contributed by atoms with Crippen LogP contribution in [0.1, 0.15) is 59.9 Å². The number of likely N-dealkylation sites (tertiary alicyclic amines) is 2. The van der Waals surface area contributed by atoms with Crippen LogP contribution >= 0.6 is 0 Å². The zero-order valence-corrected chi connectivity index (χ0v) is 24.5. The van der Waals surface area contributed by atoms with Gasteiger partial charge in [-0.2, -0.15) is 0 Å². The van der Waals surface area contributed by atoms with Crippen molar-refractivity contribution < 1.29 is 33.6 Å². The summed E-state index contributed by atoms with van der Waals surface area (Å²) in [4.78, 5) is 31.0. The summed E-state index contributed by atoms with van der Waals surface area (Å²) in [7, 11) is 0. The number of carbonyl (C=O) groups is 2. The molecule has 1 N–H and O–H groups in total. The lowest BCUT2D eigenvalue weighted by Gasteiger charge is -2.40. The van der Waals surface area contributed by atoms with Crippen LogP contribution in [-0.2, 0) is 16.1 Å². The van der Waals surface area contributed by atoms with Crippen molar-refractivity contribution >= 4 is 12.2 Å². The Balaban J connectivity index is 0.000000285. The average molecular weight is 558 g/mol. The maximum absolute atomic E-state index is 12.2. The third kappa shape index (κ3) is 9.89. The van der Waals surface area contributed by atoms with Gasteiger partial charge in [0.2, 0.25) is 0 Å². The van der Waals surface area contributed by atoms with Gasteiger partial charge in [0.25, 0.3) is 0 Å². The number of aliphatic hydroxyl groups is 1. The first-order valence-electron chi connectivity index (χ1n) is 13.7. The third-order valence-electron chi connectivity index (χ3n) is 6.13. The monoisotopic (exact) mass is 557 g/mol. The number of hydrogen-bond donors (Lipinski definition) is 1. The van der Waals surface area contributed by atoms with E-state index >= 15 is 0 Å². The van der Waals surface area contributed by atoms with Gasteiger partial charge in [-0.15, -0.1) is 0 Å². The first-order chi connectivity index (χ1) is 18.8. The van der Waals surface area contributed by atoms with Gasteiger partial charge in [0.15, 0.2) is 0 Å². The maximum Gasteiger partial charge on any atom is 0.410 e. The van der Waals surface area contributed by atoms with E-state index in [2.05, 4.69) is 4.98 Å². The normalized spacial score (nSPS) is 18.4. The summed E-state index contributed by atoms with van der Waals surface area (Å²) in [5.74, 6) is 1.27. The summed E-state index contributed by atoms with van der Waals surface area (Å²) in [6.45, 7) is 13.4. The molecule has 2 saturated heterocycles. The van der Waals surface area contributed by atoms with Gasteiger partial charge in [-0.3, -0.25) is 4.98 Å². The molecule has 10 nitrogen and oxygen atoms in total. The molecule has 1 aromatic heterocycles.